The van der Waals surface area contributed by atoms with Gasteiger partial charge >= 0.3 is 5.97 Å². The number of methoxy groups -OCH3 is 1. The number of rotatable bonds is 5. The fourth-order valence-corrected chi connectivity index (χ4v) is 2.67. The molecule has 2 atom stereocenters. The van der Waals surface area contributed by atoms with Crippen molar-refractivity contribution in [3.63, 3.8) is 0 Å². The van der Waals surface area contributed by atoms with Gasteiger partial charge < -0.3 is 9.47 Å². The second kappa shape index (κ2) is 6.20. The molecule has 1 aliphatic carbocycles. The molecule has 3 nitrogen and oxygen atoms in total. The first-order valence-electron chi connectivity index (χ1n) is 6.44. The van der Waals surface area contributed by atoms with Crippen molar-refractivity contribution in [1.82, 2.24) is 0 Å². The summed E-state index contributed by atoms with van der Waals surface area (Å²) >= 11 is 0. The predicted molar refractivity (Wildman–Crippen MR) is 67.7 cm³/mol. The van der Waals surface area contributed by atoms with Crippen LogP contribution in [-0.2, 0) is 14.3 Å². The monoisotopic (exact) mass is 240 g/mol. The summed E-state index contributed by atoms with van der Waals surface area (Å²) in [7, 11) is 1.70. The van der Waals surface area contributed by atoms with Crippen LogP contribution in [-0.4, -0.2) is 24.8 Å². The van der Waals surface area contributed by atoms with Crippen molar-refractivity contribution >= 4 is 5.97 Å². The van der Waals surface area contributed by atoms with Gasteiger partial charge in [0.05, 0.1) is 6.10 Å². The van der Waals surface area contributed by atoms with Gasteiger partial charge in [-0.1, -0.05) is 19.9 Å². The first-order valence-corrected chi connectivity index (χ1v) is 6.44. The standard InChI is InChI=1S/C14H24O3/c1-5-13(15)17-14(9-7-6-8-10-14)11(2)12(3)16-4/h5,11-12H,1,6-10H2,2-4H3. The van der Waals surface area contributed by atoms with Crippen LogP contribution in [0, 0.1) is 5.92 Å². The molecule has 0 radical (unpaired) electrons. The molecule has 1 saturated carbocycles. The summed E-state index contributed by atoms with van der Waals surface area (Å²) in [6.07, 6.45) is 6.66. The quantitative estimate of drug-likeness (QED) is 0.547. The minimum absolute atomic E-state index is 0.0886. The molecular formula is C14H24O3. The summed E-state index contributed by atoms with van der Waals surface area (Å²) in [4.78, 5) is 11.5. The third kappa shape index (κ3) is 3.32. The van der Waals surface area contributed by atoms with Crippen LogP contribution in [0.3, 0.4) is 0 Å². The van der Waals surface area contributed by atoms with Gasteiger partial charge in [-0.05, 0) is 32.6 Å². The van der Waals surface area contributed by atoms with E-state index in [2.05, 4.69) is 13.5 Å². The summed E-state index contributed by atoms with van der Waals surface area (Å²) in [5.74, 6) is -0.112. The Hall–Kier alpha value is -0.830. The number of ether oxygens (including phenoxy) is 2. The van der Waals surface area contributed by atoms with Gasteiger partial charge in [-0.2, -0.15) is 0 Å². The van der Waals surface area contributed by atoms with E-state index < -0.39 is 0 Å². The zero-order valence-electron chi connectivity index (χ0n) is 11.2. The van der Waals surface area contributed by atoms with E-state index in [1.54, 1.807) is 7.11 Å². The van der Waals surface area contributed by atoms with Crippen LogP contribution in [0.15, 0.2) is 12.7 Å². The van der Waals surface area contributed by atoms with Crippen LogP contribution in [0.1, 0.15) is 46.0 Å². The highest BCUT2D eigenvalue weighted by Crippen LogP contribution is 2.40. The molecule has 2 unspecified atom stereocenters. The highest BCUT2D eigenvalue weighted by molar-refractivity contribution is 5.81. The number of esters is 1. The van der Waals surface area contributed by atoms with E-state index in [1.807, 2.05) is 6.92 Å². The Morgan fingerprint density at radius 1 is 1.29 bits per heavy atom. The third-order valence-electron chi connectivity index (χ3n) is 4.08. The van der Waals surface area contributed by atoms with Gasteiger partial charge in [0.2, 0.25) is 0 Å². The topological polar surface area (TPSA) is 35.5 Å². The molecule has 1 fully saturated rings. The molecule has 0 bridgehead atoms. The number of carbonyl (C=O) groups is 1. The highest BCUT2D eigenvalue weighted by atomic mass is 16.6. The number of carbonyl (C=O) groups excluding carboxylic acids is 1. The normalized spacial score (nSPS) is 22.5. The molecule has 3 heteroatoms. The Morgan fingerprint density at radius 3 is 2.35 bits per heavy atom. The minimum Gasteiger partial charge on any atom is -0.456 e. The maximum Gasteiger partial charge on any atom is 0.330 e. The molecule has 17 heavy (non-hydrogen) atoms. The molecule has 0 heterocycles. The molecule has 0 saturated heterocycles. The van der Waals surface area contributed by atoms with Crippen LogP contribution in [0.25, 0.3) is 0 Å². The fraction of sp³-hybridized carbons (Fsp3) is 0.786. The largest absolute Gasteiger partial charge is 0.456 e. The van der Waals surface area contributed by atoms with Crippen LogP contribution in [0.2, 0.25) is 0 Å². The summed E-state index contributed by atoms with van der Waals surface area (Å²) in [5, 5.41) is 0. The van der Waals surface area contributed by atoms with Crippen molar-refractivity contribution in [3.05, 3.63) is 12.7 Å². The first kappa shape index (κ1) is 14.2. The van der Waals surface area contributed by atoms with Crippen LogP contribution >= 0.6 is 0 Å². The fourth-order valence-electron chi connectivity index (χ4n) is 2.67. The van der Waals surface area contributed by atoms with E-state index in [9.17, 15) is 4.79 Å². The molecule has 1 rings (SSSR count). The van der Waals surface area contributed by atoms with E-state index in [0.29, 0.717) is 0 Å². The average Bonchev–Trinajstić information content (AvgIpc) is 2.37. The lowest BCUT2D eigenvalue weighted by Gasteiger charge is -2.43. The molecular weight excluding hydrogens is 216 g/mol. The molecule has 0 N–H and O–H groups in total. The van der Waals surface area contributed by atoms with E-state index in [-0.39, 0.29) is 23.6 Å². The van der Waals surface area contributed by atoms with Crippen molar-refractivity contribution in [1.29, 1.82) is 0 Å². The number of hydrogen-bond donors (Lipinski definition) is 0. The maximum atomic E-state index is 11.5. The second-order valence-electron chi connectivity index (χ2n) is 4.98. The summed E-state index contributed by atoms with van der Waals surface area (Å²) in [6.45, 7) is 7.61. The zero-order valence-corrected chi connectivity index (χ0v) is 11.2. The smallest absolute Gasteiger partial charge is 0.330 e. The van der Waals surface area contributed by atoms with Crippen LogP contribution in [0.4, 0.5) is 0 Å². The van der Waals surface area contributed by atoms with Gasteiger partial charge in [-0.25, -0.2) is 4.79 Å². The lowest BCUT2D eigenvalue weighted by molar-refractivity contribution is -0.171. The van der Waals surface area contributed by atoms with Gasteiger partial charge in [0, 0.05) is 19.1 Å². The molecule has 0 spiro atoms. The van der Waals surface area contributed by atoms with Gasteiger partial charge in [0.15, 0.2) is 0 Å². The SMILES string of the molecule is C=CC(=O)OC1(C(C)C(C)OC)CCCCC1. The predicted octanol–water partition coefficient (Wildman–Crippen LogP) is 3.09. The van der Waals surface area contributed by atoms with Crippen molar-refractivity contribution < 1.29 is 14.3 Å². The lowest BCUT2D eigenvalue weighted by Crippen LogP contribution is -2.47. The minimum atomic E-state index is -0.362. The van der Waals surface area contributed by atoms with Gasteiger partial charge in [-0.3, -0.25) is 0 Å². The second-order valence-corrected chi connectivity index (χ2v) is 4.98. The molecule has 0 aliphatic heterocycles. The Bertz CT molecular complexity index is 267. The van der Waals surface area contributed by atoms with Crippen molar-refractivity contribution in [2.45, 2.75) is 57.7 Å². The van der Waals surface area contributed by atoms with Gasteiger partial charge in [0.25, 0.3) is 0 Å². The average molecular weight is 240 g/mol. The van der Waals surface area contributed by atoms with Crippen LogP contribution < -0.4 is 0 Å². The highest BCUT2D eigenvalue weighted by Gasteiger charge is 2.43. The van der Waals surface area contributed by atoms with Crippen molar-refractivity contribution in [2.24, 2.45) is 5.92 Å². The van der Waals surface area contributed by atoms with Crippen molar-refractivity contribution in [2.75, 3.05) is 7.11 Å². The zero-order chi connectivity index (χ0) is 12.9. The van der Waals surface area contributed by atoms with E-state index in [1.165, 1.54) is 12.5 Å². The van der Waals surface area contributed by atoms with E-state index >= 15 is 0 Å². The van der Waals surface area contributed by atoms with Crippen LogP contribution in [0.5, 0.6) is 0 Å². The molecule has 0 aromatic heterocycles. The Morgan fingerprint density at radius 2 is 1.88 bits per heavy atom. The summed E-state index contributed by atoms with van der Waals surface area (Å²) in [6, 6.07) is 0. The van der Waals surface area contributed by atoms with Crippen molar-refractivity contribution in [3.8, 4) is 0 Å². The molecule has 98 valence electrons. The summed E-state index contributed by atoms with van der Waals surface area (Å²) < 4.78 is 11.1. The Balaban J connectivity index is 2.83. The Kier molecular flexibility index (Phi) is 5.19. The van der Waals surface area contributed by atoms with Gasteiger partial charge in [0.1, 0.15) is 5.60 Å². The molecule has 1 aliphatic rings. The molecule has 0 aromatic carbocycles. The maximum absolute atomic E-state index is 11.5. The Labute approximate surface area is 104 Å². The lowest BCUT2D eigenvalue weighted by atomic mass is 9.74. The summed E-state index contributed by atoms with van der Waals surface area (Å²) in [5.41, 5.74) is -0.362. The number of hydrogen-bond acceptors (Lipinski definition) is 3. The molecule has 0 amide bonds. The van der Waals surface area contributed by atoms with E-state index in [4.69, 9.17) is 9.47 Å². The first-order chi connectivity index (χ1) is 8.05. The third-order valence-corrected chi connectivity index (χ3v) is 4.08. The van der Waals surface area contributed by atoms with Gasteiger partial charge in [-0.15, -0.1) is 0 Å². The van der Waals surface area contributed by atoms with E-state index in [0.717, 1.165) is 25.7 Å². The molecule has 0 aromatic rings.